The Bertz CT molecular complexity index is 910. The highest BCUT2D eigenvalue weighted by Crippen LogP contribution is 2.19. The van der Waals surface area contributed by atoms with E-state index in [2.05, 4.69) is 37.2 Å². The van der Waals surface area contributed by atoms with E-state index in [0.717, 1.165) is 10.2 Å². The van der Waals surface area contributed by atoms with Crippen molar-refractivity contribution in [1.29, 1.82) is 0 Å². The molecule has 144 valence electrons. The van der Waals surface area contributed by atoms with Crippen LogP contribution < -0.4 is 10.2 Å². The number of carbonyl (C=O) groups excluding carboxylic acids is 1. The number of amides is 1. The van der Waals surface area contributed by atoms with Crippen LogP contribution in [0.2, 0.25) is 0 Å². The van der Waals surface area contributed by atoms with Gasteiger partial charge in [0.05, 0.1) is 0 Å². The van der Waals surface area contributed by atoms with Gasteiger partial charge in [-0.15, -0.1) is 0 Å². The predicted octanol–water partition coefficient (Wildman–Crippen LogP) is 2.24. The zero-order valence-corrected chi connectivity index (χ0v) is 17.3. The summed E-state index contributed by atoms with van der Waals surface area (Å²) in [6.45, 7) is 3.94. The molecule has 0 aliphatic carbocycles. The van der Waals surface area contributed by atoms with Crippen molar-refractivity contribution in [1.82, 2.24) is 9.29 Å². The molecule has 0 atom stereocenters. The summed E-state index contributed by atoms with van der Waals surface area (Å²) in [6.07, 6.45) is 1.54. The van der Waals surface area contributed by atoms with Crippen LogP contribution in [0, 0.1) is 6.92 Å². The summed E-state index contributed by atoms with van der Waals surface area (Å²) in [5.41, 5.74) is 2.26. The van der Waals surface area contributed by atoms with Crippen molar-refractivity contribution >= 4 is 43.4 Å². The Hall–Kier alpha value is -1.97. The molecule has 1 N–H and O–H groups in total. The molecule has 0 radical (unpaired) electrons. The van der Waals surface area contributed by atoms with Crippen LogP contribution in [0.1, 0.15) is 5.56 Å². The number of pyridine rings is 1. The van der Waals surface area contributed by atoms with Gasteiger partial charge in [0.25, 0.3) is 0 Å². The summed E-state index contributed by atoms with van der Waals surface area (Å²) >= 11 is 3.26. The summed E-state index contributed by atoms with van der Waals surface area (Å²) in [4.78, 5) is 18.3. The topological polar surface area (TPSA) is 82.6 Å². The van der Waals surface area contributed by atoms with Gasteiger partial charge >= 0.3 is 0 Å². The number of hydrogen-bond donors (Lipinski definition) is 1. The number of aromatic nitrogens is 1. The van der Waals surface area contributed by atoms with E-state index < -0.39 is 21.7 Å². The van der Waals surface area contributed by atoms with E-state index in [1.165, 1.54) is 16.1 Å². The van der Waals surface area contributed by atoms with Crippen LogP contribution in [-0.2, 0) is 14.8 Å². The highest BCUT2D eigenvalue weighted by Gasteiger charge is 2.29. The number of anilines is 2. The van der Waals surface area contributed by atoms with Crippen molar-refractivity contribution < 1.29 is 13.2 Å². The molecule has 1 aromatic heterocycles. The summed E-state index contributed by atoms with van der Waals surface area (Å²) in [5.74, 6) is -0.858. The van der Waals surface area contributed by atoms with E-state index in [4.69, 9.17) is 0 Å². The first-order valence-electron chi connectivity index (χ1n) is 8.54. The number of hydrogen-bond acceptors (Lipinski definition) is 5. The highest BCUT2D eigenvalue weighted by atomic mass is 79.9. The van der Waals surface area contributed by atoms with E-state index >= 15 is 0 Å². The quantitative estimate of drug-likeness (QED) is 0.751. The minimum Gasteiger partial charge on any atom is -0.369 e. The Labute approximate surface area is 167 Å². The lowest BCUT2D eigenvalue weighted by Crippen LogP contribution is -2.50. The predicted molar refractivity (Wildman–Crippen MR) is 109 cm³/mol. The first-order valence-corrected chi connectivity index (χ1v) is 10.9. The number of carbonyl (C=O) groups is 1. The molecule has 2 heterocycles. The minimum absolute atomic E-state index is 0.322. The van der Waals surface area contributed by atoms with Crippen molar-refractivity contribution in [3.8, 4) is 0 Å². The second kappa shape index (κ2) is 8.37. The van der Waals surface area contributed by atoms with Gasteiger partial charge in [0.15, 0.2) is 0 Å². The van der Waals surface area contributed by atoms with Gasteiger partial charge in [-0.05, 0) is 52.7 Å². The fraction of sp³-hybridized carbons (Fsp3) is 0.333. The van der Waals surface area contributed by atoms with E-state index in [1.54, 1.807) is 12.1 Å². The number of halogens is 1. The molecular weight excluding hydrogens is 432 g/mol. The number of nitrogens with zero attached hydrogens (tertiary/aromatic N) is 3. The zero-order valence-electron chi connectivity index (χ0n) is 14.9. The van der Waals surface area contributed by atoms with Crippen molar-refractivity contribution in [2.24, 2.45) is 0 Å². The van der Waals surface area contributed by atoms with Crippen LogP contribution >= 0.6 is 15.9 Å². The van der Waals surface area contributed by atoms with Gasteiger partial charge in [-0.25, -0.2) is 13.4 Å². The van der Waals surface area contributed by atoms with Gasteiger partial charge in [0, 0.05) is 42.5 Å². The summed E-state index contributed by atoms with van der Waals surface area (Å²) in [6, 6.07) is 11.5. The van der Waals surface area contributed by atoms with Gasteiger partial charge in [-0.3, -0.25) is 4.79 Å². The molecule has 1 fully saturated rings. The maximum absolute atomic E-state index is 12.6. The van der Waals surface area contributed by atoms with E-state index in [0.29, 0.717) is 32.0 Å². The number of rotatable bonds is 5. The molecule has 9 heteroatoms. The third-order valence-electron chi connectivity index (χ3n) is 4.31. The van der Waals surface area contributed by atoms with Gasteiger partial charge < -0.3 is 10.2 Å². The van der Waals surface area contributed by atoms with Crippen molar-refractivity contribution in [2.45, 2.75) is 6.92 Å². The fourth-order valence-electron chi connectivity index (χ4n) is 2.93. The Morgan fingerprint density at radius 1 is 1.19 bits per heavy atom. The number of piperazine rings is 1. The largest absolute Gasteiger partial charge is 0.369 e. The molecule has 1 aromatic carbocycles. The Balaban J connectivity index is 1.56. The highest BCUT2D eigenvalue weighted by molar-refractivity contribution is 9.10. The third kappa shape index (κ3) is 5.27. The minimum atomic E-state index is -3.67. The van der Waals surface area contributed by atoms with E-state index in [9.17, 15) is 13.2 Å². The average Bonchev–Trinajstić information content (AvgIpc) is 2.63. The lowest BCUT2D eigenvalue weighted by Gasteiger charge is -2.35. The maximum atomic E-state index is 12.6. The van der Waals surface area contributed by atoms with E-state index in [-0.39, 0.29) is 0 Å². The Kier molecular flexibility index (Phi) is 6.13. The number of sulfonamides is 1. The first kappa shape index (κ1) is 19.8. The van der Waals surface area contributed by atoms with Crippen molar-refractivity contribution in [3.05, 3.63) is 52.6 Å². The molecule has 1 saturated heterocycles. The Morgan fingerprint density at radius 3 is 2.56 bits per heavy atom. The molecule has 2 aromatic rings. The molecule has 1 aliphatic rings. The van der Waals surface area contributed by atoms with Gasteiger partial charge in [-0.1, -0.05) is 12.1 Å². The molecule has 3 rings (SSSR count). The maximum Gasteiger partial charge on any atom is 0.242 e. The van der Waals surface area contributed by atoms with Crippen LogP contribution in [0.3, 0.4) is 0 Å². The number of nitrogens with one attached hydrogen (secondary N) is 1. The molecule has 0 saturated carbocycles. The van der Waals surface area contributed by atoms with E-state index in [1.807, 2.05) is 25.1 Å². The number of aryl methyl sites for hydroxylation is 1. The molecule has 1 amide bonds. The SMILES string of the molecule is Cc1cccc(N2CCN(S(=O)(=O)CC(=O)Nc3ccc(Br)cn3)CC2)c1. The lowest BCUT2D eigenvalue weighted by atomic mass is 10.2. The molecule has 0 spiro atoms. The smallest absolute Gasteiger partial charge is 0.242 e. The summed E-state index contributed by atoms with van der Waals surface area (Å²) in [7, 11) is -3.67. The third-order valence-corrected chi connectivity index (χ3v) is 6.56. The van der Waals surface area contributed by atoms with Crippen LogP contribution in [0.15, 0.2) is 47.1 Å². The van der Waals surface area contributed by atoms with Gasteiger partial charge in [-0.2, -0.15) is 4.31 Å². The van der Waals surface area contributed by atoms with Gasteiger partial charge in [0.1, 0.15) is 11.6 Å². The van der Waals surface area contributed by atoms with Gasteiger partial charge in [0.2, 0.25) is 15.9 Å². The van der Waals surface area contributed by atoms with Crippen LogP contribution in [-0.4, -0.2) is 55.5 Å². The zero-order chi connectivity index (χ0) is 19.4. The molecule has 27 heavy (non-hydrogen) atoms. The molecule has 1 aliphatic heterocycles. The van der Waals surface area contributed by atoms with Crippen LogP contribution in [0.4, 0.5) is 11.5 Å². The molecule has 7 nitrogen and oxygen atoms in total. The number of benzene rings is 1. The van der Waals surface area contributed by atoms with Crippen molar-refractivity contribution in [3.63, 3.8) is 0 Å². The lowest BCUT2D eigenvalue weighted by molar-refractivity contribution is -0.114. The summed E-state index contributed by atoms with van der Waals surface area (Å²) < 4.78 is 27.3. The molecular formula is C18H21BrN4O3S. The second-order valence-electron chi connectivity index (χ2n) is 6.39. The molecule has 0 bridgehead atoms. The summed E-state index contributed by atoms with van der Waals surface area (Å²) in [5, 5.41) is 2.52. The normalized spacial score (nSPS) is 15.6. The fourth-order valence-corrected chi connectivity index (χ4v) is 4.48. The standard InChI is InChI=1S/C18H21BrN4O3S/c1-14-3-2-4-16(11-14)22-7-9-23(10-8-22)27(25,26)13-18(24)21-17-6-5-15(19)12-20-17/h2-6,11-12H,7-10,13H2,1H3,(H,20,21,24). The van der Waals surface area contributed by atoms with Crippen LogP contribution in [0.5, 0.6) is 0 Å². The first-order chi connectivity index (χ1) is 12.8. The monoisotopic (exact) mass is 452 g/mol. The molecule has 0 unspecified atom stereocenters. The second-order valence-corrected chi connectivity index (χ2v) is 9.28. The average molecular weight is 453 g/mol. The van der Waals surface area contributed by atoms with Crippen LogP contribution in [0.25, 0.3) is 0 Å². The van der Waals surface area contributed by atoms with Crippen molar-refractivity contribution in [2.75, 3.05) is 42.1 Å². The Morgan fingerprint density at radius 2 is 1.93 bits per heavy atom.